The summed E-state index contributed by atoms with van der Waals surface area (Å²) in [7, 11) is 0. The van der Waals surface area contributed by atoms with E-state index in [9.17, 15) is 9.59 Å². The number of aromatic amines is 1. The van der Waals surface area contributed by atoms with Crippen molar-refractivity contribution in [3.63, 3.8) is 0 Å². The number of ketones is 1. The SMILES string of the molecule is CCN(CC(N)=O)CC(=O)c1ccc[nH]1. The summed E-state index contributed by atoms with van der Waals surface area (Å²) in [5, 5.41) is 0. The molecule has 1 aromatic rings. The highest BCUT2D eigenvalue weighted by atomic mass is 16.1. The Labute approximate surface area is 88.3 Å². The predicted molar refractivity (Wildman–Crippen MR) is 56.4 cm³/mol. The molecule has 0 aliphatic carbocycles. The molecule has 0 unspecified atom stereocenters. The van der Waals surface area contributed by atoms with Crippen LogP contribution in [0.5, 0.6) is 0 Å². The van der Waals surface area contributed by atoms with Crippen molar-refractivity contribution in [2.45, 2.75) is 6.92 Å². The van der Waals surface area contributed by atoms with E-state index < -0.39 is 5.91 Å². The van der Waals surface area contributed by atoms with Gasteiger partial charge in [0.15, 0.2) is 5.78 Å². The molecule has 0 bridgehead atoms. The Bertz CT molecular complexity index is 332. The van der Waals surface area contributed by atoms with Crippen molar-refractivity contribution in [1.29, 1.82) is 0 Å². The maximum atomic E-state index is 11.6. The molecule has 0 saturated carbocycles. The molecule has 1 heterocycles. The fourth-order valence-corrected chi connectivity index (χ4v) is 1.29. The second kappa shape index (κ2) is 5.31. The van der Waals surface area contributed by atoms with Gasteiger partial charge >= 0.3 is 0 Å². The number of hydrogen-bond donors (Lipinski definition) is 2. The first-order chi connectivity index (χ1) is 7.13. The van der Waals surface area contributed by atoms with E-state index in [4.69, 9.17) is 5.73 Å². The van der Waals surface area contributed by atoms with Crippen LogP contribution in [-0.2, 0) is 4.79 Å². The van der Waals surface area contributed by atoms with Gasteiger partial charge in [-0.05, 0) is 18.7 Å². The van der Waals surface area contributed by atoms with Gasteiger partial charge in [0.1, 0.15) is 0 Å². The van der Waals surface area contributed by atoms with Crippen LogP contribution < -0.4 is 5.73 Å². The molecule has 0 aromatic carbocycles. The monoisotopic (exact) mass is 209 g/mol. The summed E-state index contributed by atoms with van der Waals surface area (Å²) in [5.41, 5.74) is 5.62. The summed E-state index contributed by atoms with van der Waals surface area (Å²) in [4.78, 5) is 26.9. The van der Waals surface area contributed by atoms with Crippen molar-refractivity contribution in [1.82, 2.24) is 9.88 Å². The molecule has 3 N–H and O–H groups in total. The molecular weight excluding hydrogens is 194 g/mol. The molecule has 0 atom stereocenters. The van der Waals surface area contributed by atoms with Crippen LogP contribution in [0.3, 0.4) is 0 Å². The third-order valence-corrected chi connectivity index (χ3v) is 2.09. The van der Waals surface area contributed by atoms with Gasteiger partial charge < -0.3 is 10.7 Å². The predicted octanol–water partition coefficient (Wildman–Crippen LogP) is 0.00460. The zero-order valence-corrected chi connectivity index (χ0v) is 8.69. The molecule has 1 rings (SSSR count). The summed E-state index contributed by atoms with van der Waals surface area (Å²) in [6, 6.07) is 3.47. The van der Waals surface area contributed by atoms with Crippen LogP contribution in [0.1, 0.15) is 17.4 Å². The van der Waals surface area contributed by atoms with Crippen LogP contribution in [0, 0.1) is 0 Å². The maximum absolute atomic E-state index is 11.6. The number of aromatic nitrogens is 1. The molecule has 0 aliphatic rings. The van der Waals surface area contributed by atoms with E-state index >= 15 is 0 Å². The van der Waals surface area contributed by atoms with Crippen LogP contribution in [0.25, 0.3) is 0 Å². The van der Waals surface area contributed by atoms with Crippen LogP contribution >= 0.6 is 0 Å². The van der Waals surface area contributed by atoms with E-state index in [1.165, 1.54) is 0 Å². The molecule has 5 nitrogen and oxygen atoms in total. The summed E-state index contributed by atoms with van der Waals surface area (Å²) in [5.74, 6) is -0.459. The fourth-order valence-electron chi connectivity index (χ4n) is 1.29. The van der Waals surface area contributed by atoms with Gasteiger partial charge in [0.05, 0.1) is 18.8 Å². The molecule has 0 aliphatic heterocycles. The minimum Gasteiger partial charge on any atom is -0.369 e. The van der Waals surface area contributed by atoms with E-state index in [0.717, 1.165) is 0 Å². The van der Waals surface area contributed by atoms with Gasteiger partial charge in [0.25, 0.3) is 0 Å². The molecular formula is C10H15N3O2. The van der Waals surface area contributed by atoms with E-state index in [-0.39, 0.29) is 18.9 Å². The highest BCUT2D eigenvalue weighted by Gasteiger charge is 2.13. The fraction of sp³-hybridized carbons (Fsp3) is 0.400. The minimum absolute atomic E-state index is 0.0388. The average Bonchev–Trinajstić information content (AvgIpc) is 2.68. The molecule has 0 fully saturated rings. The minimum atomic E-state index is -0.420. The molecule has 1 aromatic heterocycles. The van der Waals surface area contributed by atoms with Crippen LogP contribution in [-0.4, -0.2) is 41.2 Å². The van der Waals surface area contributed by atoms with Crippen molar-refractivity contribution in [2.75, 3.05) is 19.6 Å². The van der Waals surface area contributed by atoms with Gasteiger partial charge in [0, 0.05) is 6.20 Å². The number of rotatable bonds is 6. The van der Waals surface area contributed by atoms with E-state index in [2.05, 4.69) is 4.98 Å². The lowest BCUT2D eigenvalue weighted by Crippen LogP contribution is -2.37. The maximum Gasteiger partial charge on any atom is 0.231 e. The molecule has 0 radical (unpaired) electrons. The molecule has 0 spiro atoms. The van der Waals surface area contributed by atoms with Crippen LogP contribution in [0.2, 0.25) is 0 Å². The largest absolute Gasteiger partial charge is 0.369 e. The lowest BCUT2D eigenvalue weighted by atomic mass is 10.2. The van der Waals surface area contributed by atoms with Gasteiger partial charge in [-0.15, -0.1) is 0 Å². The van der Waals surface area contributed by atoms with Crippen molar-refractivity contribution in [3.05, 3.63) is 24.0 Å². The number of Topliss-reactive ketones (excluding diaryl/α,β-unsaturated/α-hetero) is 1. The van der Waals surface area contributed by atoms with Crippen molar-refractivity contribution >= 4 is 11.7 Å². The Kier molecular flexibility index (Phi) is 4.05. The summed E-state index contributed by atoms with van der Waals surface area (Å²) in [6.45, 7) is 2.82. The number of carbonyl (C=O) groups excluding carboxylic acids is 2. The highest BCUT2D eigenvalue weighted by Crippen LogP contribution is 1.98. The Balaban J connectivity index is 2.52. The van der Waals surface area contributed by atoms with Gasteiger partial charge in [0.2, 0.25) is 5.91 Å². The number of nitrogens with one attached hydrogen (secondary N) is 1. The summed E-state index contributed by atoms with van der Waals surface area (Å²) in [6.07, 6.45) is 1.69. The number of nitrogens with two attached hydrogens (primary N) is 1. The second-order valence-electron chi connectivity index (χ2n) is 3.28. The second-order valence-corrected chi connectivity index (χ2v) is 3.28. The van der Waals surface area contributed by atoms with Gasteiger partial charge in [-0.1, -0.05) is 6.92 Å². The number of hydrogen-bond acceptors (Lipinski definition) is 3. The lowest BCUT2D eigenvalue weighted by molar-refractivity contribution is -0.118. The first-order valence-electron chi connectivity index (χ1n) is 4.80. The lowest BCUT2D eigenvalue weighted by Gasteiger charge is -2.16. The van der Waals surface area contributed by atoms with Crippen molar-refractivity contribution < 1.29 is 9.59 Å². The van der Waals surface area contributed by atoms with E-state index in [1.54, 1.807) is 23.2 Å². The Hall–Kier alpha value is -1.62. The molecule has 0 saturated heterocycles. The normalized spacial score (nSPS) is 10.5. The Morgan fingerprint density at radius 2 is 2.20 bits per heavy atom. The third kappa shape index (κ3) is 3.55. The van der Waals surface area contributed by atoms with Crippen LogP contribution in [0.15, 0.2) is 18.3 Å². The number of carbonyl (C=O) groups is 2. The Morgan fingerprint density at radius 3 is 2.67 bits per heavy atom. The summed E-state index contributed by atoms with van der Waals surface area (Å²) >= 11 is 0. The number of H-pyrrole nitrogens is 1. The zero-order chi connectivity index (χ0) is 11.3. The average molecular weight is 209 g/mol. The quantitative estimate of drug-likeness (QED) is 0.647. The first-order valence-corrected chi connectivity index (χ1v) is 4.80. The zero-order valence-electron chi connectivity index (χ0n) is 8.69. The third-order valence-electron chi connectivity index (χ3n) is 2.09. The van der Waals surface area contributed by atoms with Crippen molar-refractivity contribution in [2.24, 2.45) is 5.73 Å². The highest BCUT2D eigenvalue weighted by molar-refractivity contribution is 5.96. The van der Waals surface area contributed by atoms with Gasteiger partial charge in [-0.3, -0.25) is 14.5 Å². The topological polar surface area (TPSA) is 79.2 Å². The van der Waals surface area contributed by atoms with E-state index in [1.807, 2.05) is 6.92 Å². The smallest absolute Gasteiger partial charge is 0.231 e. The molecule has 5 heteroatoms. The molecule has 15 heavy (non-hydrogen) atoms. The number of amides is 1. The summed E-state index contributed by atoms with van der Waals surface area (Å²) < 4.78 is 0. The van der Waals surface area contributed by atoms with Crippen molar-refractivity contribution in [3.8, 4) is 0 Å². The van der Waals surface area contributed by atoms with Gasteiger partial charge in [-0.2, -0.15) is 0 Å². The van der Waals surface area contributed by atoms with Gasteiger partial charge in [-0.25, -0.2) is 0 Å². The number of primary amides is 1. The van der Waals surface area contributed by atoms with E-state index in [0.29, 0.717) is 12.2 Å². The Morgan fingerprint density at radius 1 is 1.47 bits per heavy atom. The molecule has 1 amide bonds. The number of nitrogens with zero attached hydrogens (tertiary/aromatic N) is 1. The van der Waals surface area contributed by atoms with Crippen LogP contribution in [0.4, 0.5) is 0 Å². The number of likely N-dealkylation sites (N-methyl/N-ethyl adjacent to an activating group) is 1. The standard InChI is InChI=1S/C10H15N3O2/c1-2-13(7-10(11)15)6-9(14)8-4-3-5-12-8/h3-5,12H,2,6-7H2,1H3,(H2,11,15). The molecule has 82 valence electrons. The first kappa shape index (κ1) is 11.5.